The molecule has 0 saturated carbocycles. The van der Waals surface area contributed by atoms with Gasteiger partial charge >= 0.3 is 0 Å². The normalized spacial score (nSPS) is 17.1. The second kappa shape index (κ2) is 13.5. The van der Waals surface area contributed by atoms with Crippen molar-refractivity contribution in [3.63, 3.8) is 0 Å². The molecule has 0 aliphatic carbocycles. The minimum absolute atomic E-state index is 0.163. The molecule has 0 spiro atoms. The Balaban J connectivity index is 2.07. The number of likely N-dealkylation sites (tertiary alicyclic amines) is 1. The van der Waals surface area contributed by atoms with Crippen LogP contribution in [0.25, 0.3) is 0 Å². The van der Waals surface area contributed by atoms with Crippen molar-refractivity contribution in [2.45, 2.75) is 57.7 Å². The lowest BCUT2D eigenvalue weighted by Gasteiger charge is -2.31. The summed E-state index contributed by atoms with van der Waals surface area (Å²) in [5.41, 5.74) is 5.22. The number of guanidine groups is 1. The van der Waals surface area contributed by atoms with Crippen LogP contribution in [-0.4, -0.2) is 72.3 Å². The lowest BCUT2D eigenvalue weighted by Crippen LogP contribution is -2.56. The number of Topliss-reactive ketones (excluding diaryl/α,β-unsaturated/α-hetero) is 1. The zero-order valence-electron chi connectivity index (χ0n) is 19.7. The molecule has 0 radical (unpaired) electrons. The van der Waals surface area contributed by atoms with Crippen molar-refractivity contribution in [2.75, 3.05) is 19.8 Å². The summed E-state index contributed by atoms with van der Waals surface area (Å²) in [5, 5.41) is 15.1. The van der Waals surface area contributed by atoms with E-state index in [1.165, 1.54) is 16.2 Å². The van der Waals surface area contributed by atoms with Gasteiger partial charge in [0.15, 0.2) is 11.7 Å². The molecule has 1 saturated heterocycles. The average molecular weight is 576 g/mol. The van der Waals surface area contributed by atoms with E-state index in [0.717, 1.165) is 3.79 Å². The van der Waals surface area contributed by atoms with E-state index in [1.54, 1.807) is 12.1 Å². The summed E-state index contributed by atoms with van der Waals surface area (Å²) in [6.07, 6.45) is 1.53. The highest BCUT2D eigenvalue weighted by Gasteiger charge is 2.39. The highest BCUT2D eigenvalue weighted by Crippen LogP contribution is 2.24. The Morgan fingerprint density at radius 2 is 2.00 bits per heavy atom. The van der Waals surface area contributed by atoms with E-state index in [-0.39, 0.29) is 30.1 Å². The van der Waals surface area contributed by atoms with Gasteiger partial charge in [-0.05, 0) is 59.7 Å². The van der Waals surface area contributed by atoms with Gasteiger partial charge in [-0.25, -0.2) is 4.39 Å². The van der Waals surface area contributed by atoms with Crippen LogP contribution in [0.3, 0.4) is 0 Å². The molecule has 1 unspecified atom stereocenters. The molecule has 35 heavy (non-hydrogen) atoms. The maximum atomic E-state index is 13.4. The summed E-state index contributed by atoms with van der Waals surface area (Å²) in [7, 11) is 0. The van der Waals surface area contributed by atoms with Crippen molar-refractivity contribution in [2.24, 2.45) is 11.7 Å². The third-order valence-corrected chi connectivity index (χ3v) is 7.30. The summed E-state index contributed by atoms with van der Waals surface area (Å²) in [5.74, 6) is -2.49. The van der Waals surface area contributed by atoms with Crippen LogP contribution >= 0.6 is 27.3 Å². The van der Waals surface area contributed by atoms with Crippen LogP contribution in [-0.2, 0) is 14.4 Å². The van der Waals surface area contributed by atoms with Crippen molar-refractivity contribution < 1.29 is 23.6 Å². The number of thiophene rings is 1. The molecule has 1 aromatic rings. The summed E-state index contributed by atoms with van der Waals surface area (Å²) in [6.45, 7) is 3.03. The summed E-state index contributed by atoms with van der Waals surface area (Å²) in [6, 6.07) is 0.709. The third kappa shape index (κ3) is 8.27. The van der Waals surface area contributed by atoms with E-state index in [4.69, 9.17) is 11.1 Å². The lowest BCUT2D eigenvalue weighted by molar-refractivity contribution is -0.141. The minimum atomic E-state index is -1.22. The number of rotatable bonds is 12. The smallest absolute Gasteiger partial charge is 0.262 e. The maximum Gasteiger partial charge on any atom is 0.262 e. The van der Waals surface area contributed by atoms with E-state index in [9.17, 15) is 23.6 Å². The number of hydrogen-bond donors (Lipinski definition) is 5. The highest BCUT2D eigenvalue weighted by atomic mass is 79.9. The van der Waals surface area contributed by atoms with E-state index in [1.807, 2.05) is 13.8 Å². The summed E-state index contributed by atoms with van der Waals surface area (Å²) in [4.78, 5) is 53.0. The number of nitrogens with zero attached hydrogens (tertiary/aromatic N) is 1. The van der Waals surface area contributed by atoms with Crippen LogP contribution < -0.4 is 21.7 Å². The van der Waals surface area contributed by atoms with Gasteiger partial charge in [0, 0.05) is 13.1 Å². The highest BCUT2D eigenvalue weighted by molar-refractivity contribution is 9.11. The molecule has 3 atom stereocenters. The van der Waals surface area contributed by atoms with Gasteiger partial charge in [-0.15, -0.1) is 11.3 Å². The van der Waals surface area contributed by atoms with E-state index >= 15 is 0 Å². The number of alkyl halides is 1. The number of ketones is 1. The van der Waals surface area contributed by atoms with Crippen LogP contribution in [0, 0.1) is 11.3 Å². The molecule has 3 amide bonds. The van der Waals surface area contributed by atoms with Crippen LogP contribution in [0.5, 0.6) is 0 Å². The van der Waals surface area contributed by atoms with Gasteiger partial charge in [0.1, 0.15) is 18.8 Å². The number of nitrogens with two attached hydrogens (primary N) is 1. The first-order valence-corrected chi connectivity index (χ1v) is 13.0. The SMILES string of the molecule is CC(C)C(NC(=O)c1ccc(Br)s1)C(=O)N1CCC[C@H]1C(=O)N[C@@H](CCCNC(=N)N)C(=O)CF. The molecule has 0 aromatic carbocycles. The predicted molar refractivity (Wildman–Crippen MR) is 135 cm³/mol. The van der Waals surface area contributed by atoms with E-state index in [0.29, 0.717) is 37.2 Å². The third-order valence-electron chi connectivity index (χ3n) is 5.68. The molecule has 6 N–H and O–H groups in total. The maximum absolute atomic E-state index is 13.4. The van der Waals surface area contributed by atoms with Crippen LogP contribution in [0.1, 0.15) is 49.2 Å². The van der Waals surface area contributed by atoms with Gasteiger partial charge in [-0.2, -0.15) is 0 Å². The molecule has 2 rings (SSSR count). The van der Waals surface area contributed by atoms with Crippen molar-refractivity contribution >= 4 is 56.7 Å². The molecule has 10 nitrogen and oxygen atoms in total. The summed E-state index contributed by atoms with van der Waals surface area (Å²) < 4.78 is 13.9. The Bertz CT molecular complexity index is 943. The fourth-order valence-electron chi connectivity index (χ4n) is 3.85. The fraction of sp³-hybridized carbons (Fsp3) is 0.591. The molecule has 1 fully saturated rings. The number of amides is 3. The molecule has 2 heterocycles. The monoisotopic (exact) mass is 574 g/mol. The van der Waals surface area contributed by atoms with E-state index in [2.05, 4.69) is 31.9 Å². The van der Waals surface area contributed by atoms with Crippen LogP contribution in [0.15, 0.2) is 15.9 Å². The topological polar surface area (TPSA) is 157 Å². The Labute approximate surface area is 216 Å². The van der Waals surface area contributed by atoms with Crippen molar-refractivity contribution in [3.05, 3.63) is 20.8 Å². The standard InChI is InChI=1S/C22H32BrFN6O4S/c1-12(2)18(29-20(33)16-7-8-17(23)35-16)21(34)30-10-4-6-14(30)19(32)28-13(15(31)11-24)5-3-9-27-22(25)26/h7-8,12-14,18H,3-6,9-11H2,1-2H3,(H,28,32)(H,29,33)(H4,25,26,27)/t13-,14-,18?/m0/s1. The van der Waals surface area contributed by atoms with Crippen LogP contribution in [0.4, 0.5) is 4.39 Å². The Kier molecular flexibility index (Phi) is 11.1. The van der Waals surface area contributed by atoms with Gasteiger partial charge in [0.2, 0.25) is 11.8 Å². The Hall–Kier alpha value is -2.54. The average Bonchev–Trinajstić information content (AvgIpc) is 3.47. The first-order chi connectivity index (χ1) is 16.5. The molecule has 1 aliphatic rings. The fourth-order valence-corrected chi connectivity index (χ4v) is 5.14. The largest absolute Gasteiger partial charge is 0.370 e. The van der Waals surface area contributed by atoms with Crippen molar-refractivity contribution in [1.29, 1.82) is 5.41 Å². The zero-order valence-corrected chi connectivity index (χ0v) is 22.1. The van der Waals surface area contributed by atoms with Gasteiger partial charge in [0.05, 0.1) is 14.7 Å². The molecular formula is C22H32BrFN6O4S. The van der Waals surface area contributed by atoms with Gasteiger partial charge in [-0.1, -0.05) is 13.8 Å². The number of hydrogen-bond acceptors (Lipinski definition) is 6. The minimum Gasteiger partial charge on any atom is -0.370 e. The second-order valence-electron chi connectivity index (χ2n) is 8.63. The first kappa shape index (κ1) is 28.7. The van der Waals surface area contributed by atoms with Gasteiger partial charge < -0.3 is 26.6 Å². The molecule has 1 aliphatic heterocycles. The zero-order chi connectivity index (χ0) is 26.1. The molecule has 194 valence electrons. The van der Waals surface area contributed by atoms with Gasteiger partial charge in [-0.3, -0.25) is 24.6 Å². The second-order valence-corrected chi connectivity index (χ2v) is 11.1. The van der Waals surface area contributed by atoms with Gasteiger partial charge in [0.25, 0.3) is 5.91 Å². The Morgan fingerprint density at radius 3 is 2.57 bits per heavy atom. The number of carbonyl (C=O) groups is 4. The molecule has 13 heteroatoms. The lowest BCUT2D eigenvalue weighted by atomic mass is 10.0. The van der Waals surface area contributed by atoms with E-state index < -0.39 is 36.5 Å². The molecular weight excluding hydrogens is 543 g/mol. The van der Waals surface area contributed by atoms with Crippen molar-refractivity contribution in [1.82, 2.24) is 20.9 Å². The number of carbonyl (C=O) groups excluding carboxylic acids is 4. The number of halogens is 2. The molecule has 0 bridgehead atoms. The summed E-state index contributed by atoms with van der Waals surface area (Å²) >= 11 is 4.57. The first-order valence-electron chi connectivity index (χ1n) is 11.4. The Morgan fingerprint density at radius 1 is 1.29 bits per heavy atom. The van der Waals surface area contributed by atoms with Crippen molar-refractivity contribution in [3.8, 4) is 0 Å². The predicted octanol–water partition coefficient (Wildman–Crippen LogP) is 1.54. The molecule has 1 aromatic heterocycles. The van der Waals surface area contributed by atoms with Crippen LogP contribution in [0.2, 0.25) is 0 Å². The number of nitrogens with one attached hydrogen (secondary N) is 4. The quantitative estimate of drug-likeness (QED) is 0.145.